The van der Waals surface area contributed by atoms with Gasteiger partial charge in [0.15, 0.2) is 0 Å². The number of aryl methyl sites for hydroxylation is 1. The number of ether oxygens (including phenoxy) is 1. The molecule has 1 atom stereocenters. The van der Waals surface area contributed by atoms with Gasteiger partial charge >= 0.3 is 0 Å². The van der Waals surface area contributed by atoms with Crippen molar-refractivity contribution < 1.29 is 9.53 Å². The molecule has 152 valence electrons. The summed E-state index contributed by atoms with van der Waals surface area (Å²) >= 11 is 0. The summed E-state index contributed by atoms with van der Waals surface area (Å²) in [5.41, 5.74) is 2.34. The van der Waals surface area contributed by atoms with Crippen LogP contribution >= 0.6 is 0 Å². The Morgan fingerprint density at radius 1 is 1.13 bits per heavy atom. The maximum atomic E-state index is 12.9. The normalized spacial score (nSPS) is 11.9. The fraction of sp³-hybridized carbons (Fsp3) is 0.182. The van der Waals surface area contributed by atoms with E-state index < -0.39 is 0 Å². The second kappa shape index (κ2) is 8.20. The Morgan fingerprint density at radius 3 is 2.53 bits per heavy atom. The van der Waals surface area contributed by atoms with Crippen LogP contribution in [0.15, 0.2) is 65.7 Å². The van der Waals surface area contributed by atoms with Crippen LogP contribution in [0.5, 0.6) is 5.75 Å². The maximum absolute atomic E-state index is 12.9. The van der Waals surface area contributed by atoms with Gasteiger partial charge in [0.1, 0.15) is 12.1 Å². The minimum absolute atomic E-state index is 0.0842. The van der Waals surface area contributed by atoms with E-state index in [0.29, 0.717) is 11.3 Å². The highest BCUT2D eigenvalue weighted by Crippen LogP contribution is 2.24. The number of carbonyl (C=O) groups is 1. The van der Waals surface area contributed by atoms with Crippen LogP contribution in [0.4, 0.5) is 0 Å². The topological polar surface area (TPSA) is 101 Å². The van der Waals surface area contributed by atoms with E-state index in [2.05, 4.69) is 20.4 Å². The smallest absolute Gasteiger partial charge is 0.277 e. The number of hydrogen-bond acceptors (Lipinski definition) is 5. The first-order valence-electron chi connectivity index (χ1n) is 9.46. The molecule has 0 saturated carbocycles. The van der Waals surface area contributed by atoms with E-state index in [1.807, 2.05) is 54.6 Å². The fourth-order valence-corrected chi connectivity index (χ4v) is 3.37. The molecular weight excluding hydrogens is 382 g/mol. The van der Waals surface area contributed by atoms with Gasteiger partial charge in [-0.05, 0) is 30.2 Å². The van der Waals surface area contributed by atoms with E-state index in [-0.39, 0.29) is 29.7 Å². The number of carbonyl (C=O) groups excluding carboxylic acids is 1. The molecule has 4 rings (SSSR count). The molecule has 0 aliphatic rings. The van der Waals surface area contributed by atoms with Crippen LogP contribution in [0.2, 0.25) is 0 Å². The summed E-state index contributed by atoms with van der Waals surface area (Å²) in [5, 5.41) is 5.77. The number of H-pyrrole nitrogens is 1. The second-order valence-corrected chi connectivity index (χ2v) is 6.86. The molecule has 2 N–H and O–H groups in total. The second-order valence-electron chi connectivity index (χ2n) is 6.86. The Balaban J connectivity index is 1.63. The van der Waals surface area contributed by atoms with Crippen molar-refractivity contribution in [2.45, 2.75) is 19.4 Å². The third kappa shape index (κ3) is 3.80. The minimum Gasteiger partial charge on any atom is -0.497 e. The predicted molar refractivity (Wildman–Crippen MR) is 111 cm³/mol. The maximum Gasteiger partial charge on any atom is 0.277 e. The fourth-order valence-electron chi connectivity index (χ4n) is 3.37. The first-order valence-corrected chi connectivity index (χ1v) is 9.46. The van der Waals surface area contributed by atoms with E-state index in [1.54, 1.807) is 14.0 Å². The lowest BCUT2D eigenvalue weighted by Crippen LogP contribution is -2.33. The van der Waals surface area contributed by atoms with Gasteiger partial charge in [-0.2, -0.15) is 4.52 Å². The molecule has 0 radical (unpaired) electrons. The average molecular weight is 403 g/mol. The Bertz CT molecular complexity index is 1230. The Hall–Kier alpha value is -3.94. The number of aromatic amines is 1. The highest BCUT2D eigenvalue weighted by molar-refractivity contribution is 5.79. The molecule has 8 nitrogen and oxygen atoms in total. The lowest BCUT2D eigenvalue weighted by molar-refractivity contribution is -0.121. The molecule has 0 aliphatic heterocycles. The average Bonchev–Trinajstić information content (AvgIpc) is 3.24. The SMILES string of the molecule is COc1ccc([C@@H](NC(=O)Cc2c(C)nc3nc[nH]n3c2=O)c2ccccc2)cc1. The number of rotatable bonds is 6. The predicted octanol–water partition coefficient (Wildman–Crippen LogP) is 2.18. The monoisotopic (exact) mass is 403 g/mol. The molecule has 8 heteroatoms. The Kier molecular flexibility index (Phi) is 5.30. The molecule has 0 spiro atoms. The van der Waals surface area contributed by atoms with Gasteiger partial charge in [-0.25, -0.2) is 9.97 Å². The van der Waals surface area contributed by atoms with E-state index in [4.69, 9.17) is 4.74 Å². The molecule has 2 aromatic heterocycles. The van der Waals surface area contributed by atoms with Crippen molar-refractivity contribution >= 4 is 11.7 Å². The number of amides is 1. The van der Waals surface area contributed by atoms with Gasteiger partial charge in [-0.15, -0.1) is 0 Å². The van der Waals surface area contributed by atoms with Gasteiger partial charge in [-0.1, -0.05) is 42.5 Å². The van der Waals surface area contributed by atoms with Crippen molar-refractivity contribution in [3.05, 3.63) is 93.7 Å². The summed E-state index contributed by atoms with van der Waals surface area (Å²) in [7, 11) is 1.61. The van der Waals surface area contributed by atoms with Crippen LogP contribution in [0, 0.1) is 6.92 Å². The summed E-state index contributed by atoms with van der Waals surface area (Å²) in [4.78, 5) is 33.9. The molecule has 0 aliphatic carbocycles. The van der Waals surface area contributed by atoms with Crippen LogP contribution in [0.3, 0.4) is 0 Å². The highest BCUT2D eigenvalue weighted by atomic mass is 16.5. The van der Waals surface area contributed by atoms with Crippen molar-refractivity contribution in [3.8, 4) is 5.75 Å². The Labute approximate surface area is 172 Å². The molecule has 30 heavy (non-hydrogen) atoms. The summed E-state index contributed by atoms with van der Waals surface area (Å²) in [6, 6.07) is 16.8. The van der Waals surface area contributed by atoms with Crippen LogP contribution in [0.25, 0.3) is 5.78 Å². The minimum atomic E-state index is -0.364. The quantitative estimate of drug-likeness (QED) is 0.514. The Morgan fingerprint density at radius 2 is 1.83 bits per heavy atom. The number of nitrogens with zero attached hydrogens (tertiary/aromatic N) is 3. The van der Waals surface area contributed by atoms with Gasteiger partial charge in [0, 0.05) is 5.56 Å². The first-order chi connectivity index (χ1) is 14.6. The number of aromatic nitrogens is 4. The van der Waals surface area contributed by atoms with Gasteiger partial charge in [0.05, 0.1) is 25.3 Å². The van der Waals surface area contributed by atoms with Crippen LogP contribution in [-0.4, -0.2) is 32.6 Å². The molecule has 2 aromatic carbocycles. The lowest BCUT2D eigenvalue weighted by Gasteiger charge is -2.20. The van der Waals surface area contributed by atoms with Crippen LogP contribution < -0.4 is 15.6 Å². The number of fused-ring (bicyclic) bond motifs is 1. The van der Waals surface area contributed by atoms with Gasteiger partial charge in [0.25, 0.3) is 11.3 Å². The van der Waals surface area contributed by atoms with Gasteiger partial charge < -0.3 is 10.1 Å². The number of benzene rings is 2. The summed E-state index contributed by atoms with van der Waals surface area (Å²) < 4.78 is 6.46. The standard InChI is InChI=1S/C22H21N5O3/c1-14-18(21(29)27-22(25-14)23-13-24-27)12-19(28)26-20(15-6-4-3-5-7-15)16-8-10-17(30-2)11-9-16/h3-11,13,20H,12H2,1-2H3,(H,26,28)(H,23,24,25)/t20-/m0/s1. The molecule has 4 aromatic rings. The van der Waals surface area contributed by atoms with E-state index in [0.717, 1.165) is 16.9 Å². The zero-order valence-corrected chi connectivity index (χ0v) is 16.6. The molecule has 1 amide bonds. The lowest BCUT2D eigenvalue weighted by atomic mass is 9.98. The van der Waals surface area contributed by atoms with E-state index >= 15 is 0 Å². The van der Waals surface area contributed by atoms with Crippen molar-refractivity contribution in [3.63, 3.8) is 0 Å². The van der Waals surface area contributed by atoms with Crippen molar-refractivity contribution in [1.82, 2.24) is 24.9 Å². The van der Waals surface area contributed by atoms with Crippen molar-refractivity contribution in [2.75, 3.05) is 7.11 Å². The molecule has 0 unspecified atom stereocenters. The highest BCUT2D eigenvalue weighted by Gasteiger charge is 2.20. The van der Waals surface area contributed by atoms with Crippen LogP contribution in [-0.2, 0) is 11.2 Å². The summed E-state index contributed by atoms with van der Waals surface area (Å²) in [5.74, 6) is 0.739. The molecule has 0 saturated heterocycles. The zero-order chi connectivity index (χ0) is 21.1. The van der Waals surface area contributed by atoms with Crippen molar-refractivity contribution in [2.24, 2.45) is 0 Å². The van der Waals surface area contributed by atoms with Gasteiger partial charge in [-0.3, -0.25) is 14.7 Å². The van der Waals surface area contributed by atoms with E-state index in [9.17, 15) is 9.59 Å². The molecule has 0 bridgehead atoms. The molecule has 2 heterocycles. The third-order valence-electron chi connectivity index (χ3n) is 4.96. The third-order valence-corrected chi connectivity index (χ3v) is 4.96. The van der Waals surface area contributed by atoms with Gasteiger partial charge in [0.2, 0.25) is 5.91 Å². The first kappa shape index (κ1) is 19.4. The number of methoxy groups -OCH3 is 1. The summed E-state index contributed by atoms with van der Waals surface area (Å²) in [6.45, 7) is 1.71. The molecular formula is C22H21N5O3. The molecule has 0 fully saturated rings. The summed E-state index contributed by atoms with van der Waals surface area (Å²) in [6.07, 6.45) is 1.31. The largest absolute Gasteiger partial charge is 0.497 e. The van der Waals surface area contributed by atoms with Crippen molar-refractivity contribution in [1.29, 1.82) is 0 Å². The zero-order valence-electron chi connectivity index (χ0n) is 16.6. The van der Waals surface area contributed by atoms with Crippen LogP contribution in [0.1, 0.15) is 28.4 Å². The number of nitrogens with one attached hydrogen (secondary N) is 2. The number of hydrogen-bond donors (Lipinski definition) is 2. The van der Waals surface area contributed by atoms with E-state index in [1.165, 1.54) is 10.8 Å².